The van der Waals surface area contributed by atoms with Gasteiger partial charge in [0.15, 0.2) is 5.75 Å². The highest BCUT2D eigenvalue weighted by atomic mass is 16.5. The highest BCUT2D eigenvalue weighted by Gasteiger charge is 2.39. The average molecular weight is 252 g/mol. The molecule has 1 atom stereocenters. The van der Waals surface area contributed by atoms with Gasteiger partial charge in [0.05, 0.1) is 13.3 Å². The van der Waals surface area contributed by atoms with Gasteiger partial charge >= 0.3 is 0 Å². The molecular weight excluding hydrogens is 232 g/mol. The molecule has 2 rings (SSSR count). The first kappa shape index (κ1) is 13.1. The van der Waals surface area contributed by atoms with Crippen LogP contribution >= 0.6 is 0 Å². The minimum atomic E-state index is -0.738. The molecule has 1 aromatic heterocycles. The third-order valence-corrected chi connectivity index (χ3v) is 3.49. The number of nitrogens with zero attached hydrogens (tertiary/aromatic N) is 2. The van der Waals surface area contributed by atoms with Crippen molar-refractivity contribution in [1.29, 1.82) is 0 Å². The van der Waals surface area contributed by atoms with Crippen LogP contribution in [0.5, 0.6) is 5.75 Å². The maximum absolute atomic E-state index is 12.7. The molecule has 5 heteroatoms. The van der Waals surface area contributed by atoms with Crippen molar-refractivity contribution in [3.8, 4) is 5.75 Å². The summed E-state index contributed by atoms with van der Waals surface area (Å²) in [5.41, 5.74) is -0.220. The zero-order valence-electron chi connectivity index (χ0n) is 11.2. The quantitative estimate of drug-likeness (QED) is 0.770. The van der Waals surface area contributed by atoms with Crippen LogP contribution in [0.4, 0.5) is 0 Å². The van der Waals surface area contributed by atoms with E-state index in [0.29, 0.717) is 24.6 Å². The lowest BCUT2D eigenvalue weighted by Gasteiger charge is -2.32. The molecule has 1 aliphatic heterocycles. The second-order valence-electron chi connectivity index (χ2n) is 4.74. The molecule has 5 nitrogen and oxygen atoms in total. The molecule has 0 aromatic carbocycles. The first-order chi connectivity index (χ1) is 8.62. The van der Waals surface area contributed by atoms with Gasteiger partial charge in [0, 0.05) is 13.2 Å². The molecule has 0 amide bonds. The van der Waals surface area contributed by atoms with Crippen molar-refractivity contribution in [3.05, 3.63) is 11.9 Å². The summed E-state index contributed by atoms with van der Waals surface area (Å²) in [6.45, 7) is 5.10. The number of ether oxygens (including phenoxy) is 2. The molecule has 100 valence electrons. The summed E-state index contributed by atoms with van der Waals surface area (Å²) >= 11 is 0. The number of methoxy groups -OCH3 is 1. The number of rotatable bonds is 4. The Bertz CT molecular complexity index is 412. The zero-order chi connectivity index (χ0) is 13.2. The van der Waals surface area contributed by atoms with E-state index >= 15 is 0 Å². The molecule has 1 saturated heterocycles. The Hall–Kier alpha value is -1.36. The number of Topliss-reactive ketones (excluding diaryl/α,β-unsaturated/α-hetero) is 1. The van der Waals surface area contributed by atoms with Crippen molar-refractivity contribution in [1.82, 2.24) is 9.78 Å². The second-order valence-corrected chi connectivity index (χ2v) is 4.74. The Morgan fingerprint density at radius 3 is 2.94 bits per heavy atom. The first-order valence-corrected chi connectivity index (χ1v) is 6.41. The number of hydrogen-bond donors (Lipinski definition) is 0. The Morgan fingerprint density at radius 2 is 2.39 bits per heavy atom. The van der Waals surface area contributed by atoms with E-state index in [1.165, 1.54) is 0 Å². The third-order valence-electron chi connectivity index (χ3n) is 3.49. The van der Waals surface area contributed by atoms with E-state index in [1.807, 2.05) is 13.8 Å². The van der Waals surface area contributed by atoms with E-state index in [4.69, 9.17) is 9.47 Å². The van der Waals surface area contributed by atoms with Crippen molar-refractivity contribution in [2.45, 2.75) is 45.3 Å². The van der Waals surface area contributed by atoms with Gasteiger partial charge < -0.3 is 9.47 Å². The number of hydrogen-bond acceptors (Lipinski definition) is 4. The number of ketones is 1. The molecule has 1 aliphatic rings. The van der Waals surface area contributed by atoms with Gasteiger partial charge in [-0.05, 0) is 33.1 Å². The number of carbonyl (C=O) groups excluding carboxylic acids is 1. The lowest BCUT2D eigenvalue weighted by molar-refractivity contribution is -0.0433. The normalized spacial score (nSPS) is 23.9. The van der Waals surface area contributed by atoms with Gasteiger partial charge in [-0.3, -0.25) is 9.48 Å². The average Bonchev–Trinajstić information content (AvgIpc) is 2.81. The van der Waals surface area contributed by atoms with Crippen molar-refractivity contribution in [3.63, 3.8) is 0 Å². The fourth-order valence-electron chi connectivity index (χ4n) is 2.35. The van der Waals surface area contributed by atoms with Crippen LogP contribution in [-0.2, 0) is 11.3 Å². The molecule has 0 aliphatic carbocycles. The zero-order valence-corrected chi connectivity index (χ0v) is 11.2. The summed E-state index contributed by atoms with van der Waals surface area (Å²) in [6, 6.07) is 0. The van der Waals surface area contributed by atoms with Crippen molar-refractivity contribution >= 4 is 5.78 Å². The second kappa shape index (κ2) is 5.10. The highest BCUT2D eigenvalue weighted by Crippen LogP contribution is 2.31. The van der Waals surface area contributed by atoms with E-state index in [1.54, 1.807) is 18.0 Å². The Morgan fingerprint density at radius 1 is 1.61 bits per heavy atom. The lowest BCUT2D eigenvalue weighted by Crippen LogP contribution is -2.42. The molecule has 0 bridgehead atoms. The fraction of sp³-hybridized carbons (Fsp3) is 0.692. The molecule has 18 heavy (non-hydrogen) atoms. The number of carbonyl (C=O) groups is 1. The number of aryl methyl sites for hydroxylation is 1. The van der Waals surface area contributed by atoms with Gasteiger partial charge in [-0.15, -0.1) is 0 Å². The SMILES string of the molecule is CCn1ncc(OC)c1C(=O)C1(C)CCCCO1. The predicted molar refractivity (Wildman–Crippen MR) is 67.0 cm³/mol. The van der Waals surface area contributed by atoms with Crippen LogP contribution in [0.3, 0.4) is 0 Å². The topological polar surface area (TPSA) is 53.4 Å². The molecule has 2 heterocycles. The van der Waals surface area contributed by atoms with Crippen LogP contribution in [0, 0.1) is 0 Å². The largest absolute Gasteiger partial charge is 0.493 e. The van der Waals surface area contributed by atoms with Gasteiger partial charge in [0.1, 0.15) is 11.3 Å². The van der Waals surface area contributed by atoms with Gasteiger partial charge in [-0.1, -0.05) is 0 Å². The van der Waals surface area contributed by atoms with E-state index in [-0.39, 0.29) is 5.78 Å². The maximum atomic E-state index is 12.7. The Balaban J connectivity index is 2.35. The first-order valence-electron chi connectivity index (χ1n) is 6.41. The Kier molecular flexibility index (Phi) is 3.71. The monoisotopic (exact) mass is 252 g/mol. The smallest absolute Gasteiger partial charge is 0.216 e. The summed E-state index contributed by atoms with van der Waals surface area (Å²) in [6.07, 6.45) is 4.38. The molecule has 1 fully saturated rings. The van der Waals surface area contributed by atoms with Gasteiger partial charge in [-0.25, -0.2) is 0 Å². The molecular formula is C13H20N2O3. The van der Waals surface area contributed by atoms with Gasteiger partial charge in [0.2, 0.25) is 5.78 Å². The molecule has 1 unspecified atom stereocenters. The Labute approximate surface area is 107 Å². The summed E-state index contributed by atoms with van der Waals surface area (Å²) in [7, 11) is 1.55. The number of aromatic nitrogens is 2. The van der Waals surface area contributed by atoms with E-state index in [0.717, 1.165) is 19.3 Å². The molecule has 1 aromatic rings. The van der Waals surface area contributed by atoms with Gasteiger partial charge in [-0.2, -0.15) is 5.10 Å². The highest BCUT2D eigenvalue weighted by molar-refractivity contribution is 6.03. The van der Waals surface area contributed by atoms with Crippen LogP contribution in [0.15, 0.2) is 6.20 Å². The standard InChI is InChI=1S/C13H20N2O3/c1-4-15-11(10(17-3)9-14-15)12(16)13(2)7-5-6-8-18-13/h9H,4-8H2,1-3H3. The molecule has 0 radical (unpaired) electrons. The van der Waals surface area contributed by atoms with Gasteiger partial charge in [0.25, 0.3) is 0 Å². The van der Waals surface area contributed by atoms with Crippen LogP contribution in [-0.4, -0.2) is 34.9 Å². The fourth-order valence-corrected chi connectivity index (χ4v) is 2.35. The summed E-state index contributed by atoms with van der Waals surface area (Å²) in [5.74, 6) is 0.496. The molecule has 0 spiro atoms. The van der Waals surface area contributed by atoms with Crippen LogP contribution < -0.4 is 4.74 Å². The van der Waals surface area contributed by atoms with E-state index in [2.05, 4.69) is 5.10 Å². The van der Waals surface area contributed by atoms with E-state index in [9.17, 15) is 4.79 Å². The lowest BCUT2D eigenvalue weighted by atomic mass is 9.89. The molecule has 0 saturated carbocycles. The predicted octanol–water partition coefficient (Wildman–Crippen LogP) is 2.05. The summed E-state index contributed by atoms with van der Waals surface area (Å²) in [4.78, 5) is 12.7. The van der Waals surface area contributed by atoms with Crippen LogP contribution in [0.1, 0.15) is 43.6 Å². The third kappa shape index (κ3) is 2.14. The summed E-state index contributed by atoms with van der Waals surface area (Å²) < 4.78 is 12.6. The minimum absolute atomic E-state index is 0.0293. The van der Waals surface area contributed by atoms with E-state index < -0.39 is 5.60 Å². The van der Waals surface area contributed by atoms with Crippen LogP contribution in [0.25, 0.3) is 0 Å². The van der Waals surface area contributed by atoms with Crippen molar-refractivity contribution in [2.75, 3.05) is 13.7 Å². The summed E-state index contributed by atoms with van der Waals surface area (Å²) in [5, 5.41) is 4.17. The van der Waals surface area contributed by atoms with Crippen molar-refractivity contribution < 1.29 is 14.3 Å². The van der Waals surface area contributed by atoms with Crippen LogP contribution in [0.2, 0.25) is 0 Å². The minimum Gasteiger partial charge on any atom is -0.493 e. The molecule has 0 N–H and O–H groups in total. The maximum Gasteiger partial charge on any atom is 0.216 e. The van der Waals surface area contributed by atoms with Crippen molar-refractivity contribution in [2.24, 2.45) is 0 Å².